The molecule has 1 saturated carbocycles. The van der Waals surface area contributed by atoms with E-state index < -0.39 is 0 Å². The van der Waals surface area contributed by atoms with Crippen LogP contribution in [-0.4, -0.2) is 49.2 Å². The molecule has 142 valence electrons. The molecule has 0 radical (unpaired) electrons. The van der Waals surface area contributed by atoms with Gasteiger partial charge >= 0.3 is 6.03 Å². The van der Waals surface area contributed by atoms with Crippen molar-refractivity contribution in [2.24, 2.45) is 0 Å². The van der Waals surface area contributed by atoms with E-state index in [9.17, 15) is 4.79 Å². The summed E-state index contributed by atoms with van der Waals surface area (Å²) in [7, 11) is 0. The minimum atomic E-state index is -0.0487. The Labute approximate surface area is 155 Å². The first-order valence-corrected chi connectivity index (χ1v) is 9.95. The third-order valence-corrected chi connectivity index (χ3v) is 5.94. The van der Waals surface area contributed by atoms with Crippen molar-refractivity contribution in [2.45, 2.75) is 57.5 Å². The van der Waals surface area contributed by atoms with Gasteiger partial charge in [-0.05, 0) is 42.4 Å². The fourth-order valence-electron chi connectivity index (χ4n) is 4.39. The number of fused-ring (bicyclic) bond motifs is 1. The summed E-state index contributed by atoms with van der Waals surface area (Å²) in [5.41, 5.74) is 3.64. The third-order valence-electron chi connectivity index (χ3n) is 5.94. The molecule has 6 heteroatoms. The summed E-state index contributed by atoms with van der Waals surface area (Å²) < 4.78 is 5.44. The van der Waals surface area contributed by atoms with Crippen LogP contribution in [0.5, 0.6) is 0 Å². The van der Waals surface area contributed by atoms with Crippen molar-refractivity contribution in [3.05, 3.63) is 34.9 Å². The summed E-state index contributed by atoms with van der Waals surface area (Å²) >= 11 is 0. The number of hydrogen-bond acceptors (Lipinski definition) is 4. The molecule has 4 rings (SSSR count). The lowest BCUT2D eigenvalue weighted by molar-refractivity contribution is 0.129. The smallest absolute Gasteiger partial charge is 0.315 e. The van der Waals surface area contributed by atoms with Crippen molar-refractivity contribution in [2.75, 3.05) is 26.2 Å². The minimum absolute atomic E-state index is 0.0487. The molecule has 2 fully saturated rings. The van der Waals surface area contributed by atoms with E-state index in [0.717, 1.165) is 44.6 Å². The average molecular weight is 358 g/mol. The molecule has 0 aromatic heterocycles. The number of carbonyl (C=O) groups is 1. The fraction of sp³-hybridized carbons (Fsp3) is 0.650. The Morgan fingerprint density at radius 1 is 1.12 bits per heavy atom. The average Bonchev–Trinajstić information content (AvgIpc) is 3.15. The van der Waals surface area contributed by atoms with Crippen molar-refractivity contribution in [1.29, 1.82) is 0 Å². The van der Waals surface area contributed by atoms with E-state index in [-0.39, 0.29) is 6.03 Å². The molecule has 1 aromatic rings. The monoisotopic (exact) mass is 358 g/mol. The van der Waals surface area contributed by atoms with Gasteiger partial charge < -0.3 is 20.7 Å². The van der Waals surface area contributed by atoms with E-state index in [4.69, 9.17) is 4.74 Å². The Balaban J connectivity index is 1.18. The number of nitrogens with one attached hydrogen (secondary N) is 3. The van der Waals surface area contributed by atoms with Crippen LogP contribution in [0.25, 0.3) is 0 Å². The number of hydrogen-bond donors (Lipinski definition) is 3. The summed E-state index contributed by atoms with van der Waals surface area (Å²) in [4.78, 5) is 14.9. The second-order valence-corrected chi connectivity index (χ2v) is 7.71. The number of amides is 2. The van der Waals surface area contributed by atoms with Crippen LogP contribution in [0.2, 0.25) is 0 Å². The number of urea groups is 1. The molecule has 2 aliphatic heterocycles. The zero-order valence-corrected chi connectivity index (χ0v) is 15.4. The van der Waals surface area contributed by atoms with Gasteiger partial charge in [-0.3, -0.25) is 4.90 Å². The minimum Gasteiger partial charge on any atom is -0.372 e. The van der Waals surface area contributed by atoms with Crippen LogP contribution in [0.1, 0.15) is 42.4 Å². The Bertz CT molecular complexity index is 622. The molecule has 1 aromatic carbocycles. The number of rotatable bonds is 4. The molecule has 1 saturated heterocycles. The van der Waals surface area contributed by atoms with Gasteiger partial charge in [0, 0.05) is 44.8 Å². The lowest BCUT2D eigenvalue weighted by atomic mass is 9.90. The lowest BCUT2D eigenvalue weighted by Crippen LogP contribution is -2.51. The van der Waals surface area contributed by atoms with Gasteiger partial charge in [-0.15, -0.1) is 0 Å². The molecule has 6 nitrogen and oxygen atoms in total. The highest BCUT2D eigenvalue weighted by Crippen LogP contribution is 2.23. The second kappa shape index (κ2) is 8.37. The summed E-state index contributed by atoms with van der Waals surface area (Å²) in [6.07, 6.45) is 4.54. The van der Waals surface area contributed by atoms with E-state index in [2.05, 4.69) is 39.0 Å². The Morgan fingerprint density at radius 3 is 2.69 bits per heavy atom. The van der Waals surface area contributed by atoms with Gasteiger partial charge in [0.1, 0.15) is 0 Å². The van der Waals surface area contributed by atoms with E-state index in [1.807, 2.05) is 0 Å². The van der Waals surface area contributed by atoms with Crippen molar-refractivity contribution in [1.82, 2.24) is 20.9 Å². The van der Waals surface area contributed by atoms with E-state index >= 15 is 0 Å². The Kier molecular flexibility index (Phi) is 5.72. The summed E-state index contributed by atoms with van der Waals surface area (Å²) in [6, 6.07) is 7.28. The van der Waals surface area contributed by atoms with Crippen molar-refractivity contribution in [3.63, 3.8) is 0 Å². The predicted molar refractivity (Wildman–Crippen MR) is 101 cm³/mol. The number of piperazine rings is 1. The fourth-order valence-corrected chi connectivity index (χ4v) is 4.39. The maximum Gasteiger partial charge on any atom is 0.315 e. The van der Waals surface area contributed by atoms with Crippen molar-refractivity contribution in [3.8, 4) is 0 Å². The highest BCUT2D eigenvalue weighted by Gasteiger charge is 2.27. The van der Waals surface area contributed by atoms with Gasteiger partial charge in [-0.1, -0.05) is 18.2 Å². The molecule has 0 bridgehead atoms. The van der Waals surface area contributed by atoms with E-state index in [1.165, 1.54) is 24.0 Å². The predicted octanol–water partition coefficient (Wildman–Crippen LogP) is 1.73. The highest BCUT2D eigenvalue weighted by molar-refractivity contribution is 5.74. The number of carbonyl (C=O) groups excluding carboxylic acids is 1. The first-order chi connectivity index (χ1) is 12.8. The first-order valence-electron chi connectivity index (χ1n) is 9.95. The van der Waals surface area contributed by atoms with E-state index in [0.29, 0.717) is 31.8 Å². The van der Waals surface area contributed by atoms with Crippen molar-refractivity contribution >= 4 is 6.03 Å². The topological polar surface area (TPSA) is 65.6 Å². The largest absolute Gasteiger partial charge is 0.372 e. The molecule has 26 heavy (non-hydrogen) atoms. The van der Waals surface area contributed by atoms with Gasteiger partial charge in [-0.2, -0.15) is 0 Å². The van der Waals surface area contributed by atoms with Crippen molar-refractivity contribution < 1.29 is 9.53 Å². The molecule has 2 amide bonds. The number of nitrogens with zero attached hydrogens (tertiary/aromatic N) is 1. The van der Waals surface area contributed by atoms with Crippen LogP contribution in [-0.2, 0) is 24.5 Å². The van der Waals surface area contributed by atoms with Crippen LogP contribution >= 0.6 is 0 Å². The zero-order valence-electron chi connectivity index (χ0n) is 15.4. The Hall–Kier alpha value is -1.63. The van der Waals surface area contributed by atoms with Crippen LogP contribution in [0.3, 0.4) is 0 Å². The lowest BCUT2D eigenvalue weighted by Gasteiger charge is -2.39. The molecule has 2 heterocycles. The molecule has 3 N–H and O–H groups in total. The summed E-state index contributed by atoms with van der Waals surface area (Å²) in [6.45, 7) is 6.50. The third kappa shape index (κ3) is 4.37. The number of ether oxygens (including phenoxy) is 1. The molecular weight excluding hydrogens is 328 g/mol. The number of benzene rings is 1. The maximum atomic E-state index is 12.2. The molecule has 0 spiro atoms. The highest BCUT2D eigenvalue weighted by atomic mass is 16.5. The van der Waals surface area contributed by atoms with Crippen LogP contribution < -0.4 is 16.0 Å². The van der Waals surface area contributed by atoms with Gasteiger partial charge in [0.15, 0.2) is 0 Å². The maximum absolute atomic E-state index is 12.2. The zero-order chi connectivity index (χ0) is 17.8. The van der Waals surface area contributed by atoms with Gasteiger partial charge in [0.25, 0.3) is 0 Å². The van der Waals surface area contributed by atoms with E-state index in [1.54, 1.807) is 0 Å². The summed E-state index contributed by atoms with van der Waals surface area (Å²) in [5.74, 6) is 0. The van der Waals surface area contributed by atoms with Crippen LogP contribution in [0, 0.1) is 0 Å². The normalized spacial score (nSPS) is 26.3. The molecule has 3 aliphatic rings. The first kappa shape index (κ1) is 17.8. The summed E-state index contributed by atoms with van der Waals surface area (Å²) in [5, 5.41) is 9.58. The molecule has 0 unspecified atom stereocenters. The molecule has 1 aliphatic carbocycles. The van der Waals surface area contributed by atoms with Crippen LogP contribution in [0.15, 0.2) is 18.2 Å². The standard InChI is InChI=1S/C20H30N4O2/c25-20(22-12-15-1-2-16-13-26-14-17(16)11-15)23-18-3-5-19(6-4-18)24-9-7-21-8-10-24/h1-2,11,18-19,21H,3-10,12-14H2,(H2,22,23,25). The molecular formula is C20H30N4O2. The van der Waals surface area contributed by atoms with Gasteiger partial charge in [0.2, 0.25) is 0 Å². The Morgan fingerprint density at radius 2 is 1.88 bits per heavy atom. The van der Waals surface area contributed by atoms with Crippen LogP contribution in [0.4, 0.5) is 4.79 Å². The molecule has 0 atom stereocenters. The quantitative estimate of drug-likeness (QED) is 0.767. The SMILES string of the molecule is O=C(NCc1ccc2c(c1)COC2)NC1CCC(N2CCNCC2)CC1. The van der Waals surface area contributed by atoms with Gasteiger partial charge in [0.05, 0.1) is 13.2 Å². The second-order valence-electron chi connectivity index (χ2n) is 7.71. The van der Waals surface area contributed by atoms with Gasteiger partial charge in [-0.25, -0.2) is 4.79 Å².